The van der Waals surface area contributed by atoms with Crippen LogP contribution in [-0.2, 0) is 23.9 Å². The number of hydrogen-bond acceptors (Lipinski definition) is 8. The summed E-state index contributed by atoms with van der Waals surface area (Å²) in [5.74, 6) is -1.31. The summed E-state index contributed by atoms with van der Waals surface area (Å²) in [7, 11) is 0. The number of amides is 2. The maximum absolute atomic E-state index is 12.5. The Hall–Kier alpha value is -3.53. The highest BCUT2D eigenvalue weighted by Gasteiger charge is 2.23. The first kappa shape index (κ1) is 26.7. The number of anilines is 1. The average molecular weight is 489 g/mol. The molecule has 2 aromatic rings. The van der Waals surface area contributed by atoms with Gasteiger partial charge in [0.1, 0.15) is 11.8 Å². The highest BCUT2D eigenvalue weighted by atomic mass is 32.2. The van der Waals surface area contributed by atoms with Crippen LogP contribution in [0.4, 0.5) is 5.69 Å². The molecular formula is C24H28N2O7S. The third-order valence-electron chi connectivity index (χ3n) is 4.39. The van der Waals surface area contributed by atoms with Gasteiger partial charge >= 0.3 is 11.9 Å². The summed E-state index contributed by atoms with van der Waals surface area (Å²) in [5.41, 5.74) is 0.430. The molecule has 0 aliphatic heterocycles. The Balaban J connectivity index is 1.89. The fourth-order valence-corrected chi connectivity index (χ4v) is 3.26. The summed E-state index contributed by atoms with van der Waals surface area (Å²) in [6, 6.07) is 14.2. The van der Waals surface area contributed by atoms with Crippen LogP contribution in [-0.4, -0.2) is 61.6 Å². The molecule has 0 heterocycles. The Labute approximate surface area is 202 Å². The minimum absolute atomic E-state index is 0.188. The van der Waals surface area contributed by atoms with Crippen molar-refractivity contribution in [2.75, 3.05) is 37.1 Å². The Morgan fingerprint density at radius 2 is 1.62 bits per heavy atom. The van der Waals surface area contributed by atoms with Gasteiger partial charge in [-0.05, 0) is 49.6 Å². The molecule has 2 amide bonds. The number of para-hydroxylation sites is 2. The SMILES string of the molecule is CCOC(=O)c1ccccc1NC(=O)COC(=O)[C@H](CCSC)NC(=O)COc1ccccc1. The van der Waals surface area contributed by atoms with Gasteiger partial charge in [0, 0.05) is 0 Å². The van der Waals surface area contributed by atoms with Crippen molar-refractivity contribution in [2.45, 2.75) is 19.4 Å². The molecule has 0 bridgehead atoms. The third kappa shape index (κ3) is 9.14. The van der Waals surface area contributed by atoms with Gasteiger partial charge < -0.3 is 24.8 Å². The number of thioether (sulfide) groups is 1. The van der Waals surface area contributed by atoms with E-state index in [2.05, 4.69) is 10.6 Å². The van der Waals surface area contributed by atoms with E-state index >= 15 is 0 Å². The number of nitrogens with one attached hydrogen (secondary N) is 2. The summed E-state index contributed by atoms with van der Waals surface area (Å²) < 4.78 is 15.5. The van der Waals surface area contributed by atoms with E-state index in [1.807, 2.05) is 12.3 Å². The molecule has 9 nitrogen and oxygen atoms in total. The van der Waals surface area contributed by atoms with E-state index in [0.717, 1.165) is 0 Å². The first-order chi connectivity index (χ1) is 16.4. The maximum Gasteiger partial charge on any atom is 0.340 e. The van der Waals surface area contributed by atoms with Gasteiger partial charge in [-0.25, -0.2) is 9.59 Å². The molecule has 2 N–H and O–H groups in total. The van der Waals surface area contributed by atoms with Gasteiger partial charge in [-0.2, -0.15) is 11.8 Å². The molecule has 182 valence electrons. The second kappa shape index (κ2) is 14.6. The largest absolute Gasteiger partial charge is 0.484 e. The lowest BCUT2D eigenvalue weighted by Gasteiger charge is -2.17. The first-order valence-electron chi connectivity index (χ1n) is 10.6. The fraction of sp³-hybridized carbons (Fsp3) is 0.333. The van der Waals surface area contributed by atoms with Crippen LogP contribution in [0.15, 0.2) is 54.6 Å². The Morgan fingerprint density at radius 1 is 0.912 bits per heavy atom. The van der Waals surface area contributed by atoms with Crippen molar-refractivity contribution < 1.29 is 33.4 Å². The lowest BCUT2D eigenvalue weighted by molar-refractivity contribution is -0.150. The van der Waals surface area contributed by atoms with Crippen molar-refractivity contribution in [3.63, 3.8) is 0 Å². The van der Waals surface area contributed by atoms with Crippen LogP contribution in [0.2, 0.25) is 0 Å². The zero-order valence-electron chi connectivity index (χ0n) is 19.1. The zero-order chi connectivity index (χ0) is 24.8. The molecule has 2 aromatic carbocycles. The Kier molecular flexibility index (Phi) is 11.5. The molecule has 10 heteroatoms. The fourth-order valence-electron chi connectivity index (χ4n) is 2.79. The number of esters is 2. The normalized spacial score (nSPS) is 11.1. The molecule has 34 heavy (non-hydrogen) atoms. The number of ether oxygens (including phenoxy) is 3. The van der Waals surface area contributed by atoms with Gasteiger partial charge in [0.2, 0.25) is 0 Å². The first-order valence-corrected chi connectivity index (χ1v) is 12.0. The molecule has 0 saturated heterocycles. The Bertz CT molecular complexity index is 969. The summed E-state index contributed by atoms with van der Waals surface area (Å²) >= 11 is 1.51. The van der Waals surface area contributed by atoms with Crippen LogP contribution in [0.3, 0.4) is 0 Å². The zero-order valence-corrected chi connectivity index (χ0v) is 19.9. The predicted octanol–water partition coefficient (Wildman–Crippen LogP) is 2.66. The van der Waals surface area contributed by atoms with E-state index in [1.165, 1.54) is 17.8 Å². The van der Waals surface area contributed by atoms with E-state index in [-0.39, 0.29) is 24.5 Å². The van der Waals surface area contributed by atoms with Crippen LogP contribution in [0.1, 0.15) is 23.7 Å². The minimum atomic E-state index is -0.932. The van der Waals surface area contributed by atoms with E-state index in [4.69, 9.17) is 14.2 Å². The summed E-state index contributed by atoms with van der Waals surface area (Å²) in [4.78, 5) is 49.1. The molecule has 0 spiro atoms. The molecule has 1 atom stereocenters. The van der Waals surface area contributed by atoms with E-state index in [9.17, 15) is 19.2 Å². The van der Waals surface area contributed by atoms with Crippen molar-refractivity contribution >= 4 is 41.2 Å². The molecule has 0 fully saturated rings. The van der Waals surface area contributed by atoms with Crippen LogP contribution in [0.25, 0.3) is 0 Å². The Morgan fingerprint density at radius 3 is 2.32 bits per heavy atom. The lowest BCUT2D eigenvalue weighted by Crippen LogP contribution is -2.44. The van der Waals surface area contributed by atoms with Crippen molar-refractivity contribution in [3.05, 3.63) is 60.2 Å². The van der Waals surface area contributed by atoms with Crippen molar-refractivity contribution in [2.24, 2.45) is 0 Å². The summed E-state index contributed by atoms with van der Waals surface area (Å²) in [5, 5.41) is 5.13. The van der Waals surface area contributed by atoms with Gasteiger partial charge in [-0.3, -0.25) is 9.59 Å². The topological polar surface area (TPSA) is 120 Å². The maximum atomic E-state index is 12.5. The van der Waals surface area contributed by atoms with Crippen molar-refractivity contribution in [1.29, 1.82) is 0 Å². The van der Waals surface area contributed by atoms with E-state index in [0.29, 0.717) is 17.9 Å². The second-order valence-electron chi connectivity index (χ2n) is 6.93. The van der Waals surface area contributed by atoms with Crippen LogP contribution < -0.4 is 15.4 Å². The van der Waals surface area contributed by atoms with E-state index < -0.39 is 36.4 Å². The van der Waals surface area contributed by atoms with Crippen molar-refractivity contribution in [3.8, 4) is 5.75 Å². The minimum Gasteiger partial charge on any atom is -0.484 e. The molecule has 0 aromatic heterocycles. The number of hydrogen-bond donors (Lipinski definition) is 2. The quantitative estimate of drug-likeness (QED) is 0.413. The molecule has 0 aliphatic carbocycles. The molecule has 2 rings (SSSR count). The number of carbonyl (C=O) groups is 4. The second-order valence-corrected chi connectivity index (χ2v) is 7.91. The van der Waals surface area contributed by atoms with Gasteiger partial charge in [-0.15, -0.1) is 0 Å². The van der Waals surface area contributed by atoms with Gasteiger partial charge in [0.25, 0.3) is 11.8 Å². The molecule has 0 aliphatic rings. The number of rotatable bonds is 13. The summed E-state index contributed by atoms with van der Waals surface area (Å²) in [6.45, 7) is 1.02. The monoisotopic (exact) mass is 488 g/mol. The third-order valence-corrected chi connectivity index (χ3v) is 5.03. The lowest BCUT2D eigenvalue weighted by atomic mass is 10.2. The number of carbonyl (C=O) groups excluding carboxylic acids is 4. The molecule has 0 unspecified atom stereocenters. The van der Waals surface area contributed by atoms with Gasteiger partial charge in [0.05, 0.1) is 17.9 Å². The molecular weight excluding hydrogens is 460 g/mol. The predicted molar refractivity (Wildman–Crippen MR) is 129 cm³/mol. The van der Waals surface area contributed by atoms with Gasteiger partial charge in [0.15, 0.2) is 13.2 Å². The highest BCUT2D eigenvalue weighted by molar-refractivity contribution is 7.98. The van der Waals surface area contributed by atoms with Crippen LogP contribution in [0, 0.1) is 0 Å². The smallest absolute Gasteiger partial charge is 0.340 e. The standard InChI is InChI=1S/C24H28N2O7S/c1-3-31-23(29)18-11-7-8-12-19(18)25-22(28)16-33-24(30)20(13-14-34-2)26-21(27)15-32-17-9-5-4-6-10-17/h4-12,20H,3,13-16H2,1-2H3,(H,25,28)(H,26,27)/t20-/m0/s1. The highest BCUT2D eigenvalue weighted by Crippen LogP contribution is 2.16. The molecule has 0 radical (unpaired) electrons. The van der Waals surface area contributed by atoms with E-state index in [1.54, 1.807) is 49.4 Å². The molecule has 0 saturated carbocycles. The number of benzene rings is 2. The van der Waals surface area contributed by atoms with Crippen LogP contribution >= 0.6 is 11.8 Å². The summed E-state index contributed by atoms with van der Waals surface area (Å²) in [6.07, 6.45) is 2.20. The average Bonchev–Trinajstić information content (AvgIpc) is 2.85. The van der Waals surface area contributed by atoms with Gasteiger partial charge in [-0.1, -0.05) is 30.3 Å². The van der Waals surface area contributed by atoms with Crippen LogP contribution in [0.5, 0.6) is 5.75 Å². The van der Waals surface area contributed by atoms with Crippen molar-refractivity contribution in [1.82, 2.24) is 5.32 Å².